The van der Waals surface area contributed by atoms with Gasteiger partial charge in [-0.25, -0.2) is 0 Å². The van der Waals surface area contributed by atoms with Gasteiger partial charge in [0.25, 0.3) is 0 Å². The average Bonchev–Trinajstić information content (AvgIpc) is 3.32. The second kappa shape index (κ2) is 6.90. The number of hydroxylamine groups is 3. The maximum atomic E-state index is 12.4. The van der Waals surface area contributed by atoms with E-state index in [1.54, 1.807) is 0 Å². The molecule has 1 saturated heterocycles. The topological polar surface area (TPSA) is 53.9 Å². The highest BCUT2D eigenvalue weighted by atomic mass is 16.6. The molecule has 2 aliphatic heterocycles. The summed E-state index contributed by atoms with van der Waals surface area (Å²) in [7, 11) is 0. The van der Waals surface area contributed by atoms with E-state index in [4.69, 9.17) is 9.57 Å². The SMILES string of the molecule is [O-][N+]1(CCCON=C2c3ccccc3OC3(c4ccccc4)CC23)CCCC1. The fourth-order valence-corrected chi connectivity index (χ4v) is 4.70. The summed E-state index contributed by atoms with van der Waals surface area (Å²) < 4.78 is 6.38. The molecule has 1 saturated carbocycles. The Kier molecular flexibility index (Phi) is 4.37. The Bertz CT molecular complexity index is 876. The van der Waals surface area contributed by atoms with Crippen molar-refractivity contribution in [3.8, 4) is 5.75 Å². The van der Waals surface area contributed by atoms with E-state index in [-0.39, 0.29) is 16.2 Å². The lowest BCUT2D eigenvalue weighted by molar-refractivity contribution is -0.868. The standard InChI is InChI=1S/C23H26N2O3/c26-25(13-6-7-14-25)15-8-16-27-24-22-19-11-4-5-12-21(19)28-23(17-20(22)23)18-9-2-1-3-10-18/h1-5,9-12,20H,6-8,13-17H2. The van der Waals surface area contributed by atoms with Gasteiger partial charge in [-0.1, -0.05) is 47.6 Å². The molecule has 0 bridgehead atoms. The monoisotopic (exact) mass is 378 g/mol. The quantitative estimate of drug-likeness (QED) is 0.327. The normalized spacial score (nSPS) is 28.3. The second-order valence-corrected chi connectivity index (χ2v) is 8.21. The Morgan fingerprint density at radius 3 is 2.64 bits per heavy atom. The van der Waals surface area contributed by atoms with E-state index in [9.17, 15) is 5.21 Å². The third-order valence-electron chi connectivity index (χ3n) is 6.30. The van der Waals surface area contributed by atoms with Crippen LogP contribution in [0.3, 0.4) is 0 Å². The zero-order valence-electron chi connectivity index (χ0n) is 16.0. The van der Waals surface area contributed by atoms with Gasteiger partial charge in [-0.3, -0.25) is 0 Å². The van der Waals surface area contributed by atoms with Crippen molar-refractivity contribution < 1.29 is 14.2 Å². The first-order valence-corrected chi connectivity index (χ1v) is 10.3. The number of hydrogen-bond donors (Lipinski definition) is 0. The van der Waals surface area contributed by atoms with Gasteiger partial charge in [0.05, 0.1) is 31.3 Å². The Hall–Kier alpha value is -2.37. The highest BCUT2D eigenvalue weighted by Crippen LogP contribution is 2.60. The maximum Gasteiger partial charge on any atom is 0.143 e. The van der Waals surface area contributed by atoms with Crippen molar-refractivity contribution >= 4 is 5.71 Å². The van der Waals surface area contributed by atoms with Gasteiger partial charge in [0, 0.05) is 31.2 Å². The molecule has 0 aromatic heterocycles. The van der Waals surface area contributed by atoms with Crippen LogP contribution < -0.4 is 4.74 Å². The van der Waals surface area contributed by atoms with Crippen molar-refractivity contribution in [2.45, 2.75) is 31.3 Å². The van der Waals surface area contributed by atoms with Gasteiger partial charge in [-0.05, 0) is 17.7 Å². The zero-order valence-corrected chi connectivity index (χ0v) is 16.0. The van der Waals surface area contributed by atoms with Crippen molar-refractivity contribution in [1.82, 2.24) is 0 Å². The molecule has 1 aliphatic carbocycles. The van der Waals surface area contributed by atoms with Gasteiger partial charge < -0.3 is 19.4 Å². The van der Waals surface area contributed by atoms with Crippen LogP contribution in [0.1, 0.15) is 36.8 Å². The first-order valence-electron chi connectivity index (χ1n) is 10.3. The smallest absolute Gasteiger partial charge is 0.143 e. The van der Waals surface area contributed by atoms with E-state index in [0.717, 1.165) is 55.8 Å². The highest BCUT2D eigenvalue weighted by Gasteiger charge is 2.64. The second-order valence-electron chi connectivity index (χ2n) is 8.21. The number of para-hydroxylation sites is 1. The summed E-state index contributed by atoms with van der Waals surface area (Å²) in [6.45, 7) is 2.61. The van der Waals surface area contributed by atoms with Crippen LogP contribution in [0.15, 0.2) is 59.8 Å². The molecule has 5 nitrogen and oxygen atoms in total. The minimum atomic E-state index is -0.322. The Morgan fingerprint density at radius 1 is 1.07 bits per heavy atom. The number of benzene rings is 2. The van der Waals surface area contributed by atoms with Gasteiger partial charge in [0.1, 0.15) is 18.0 Å². The van der Waals surface area contributed by atoms with Crippen LogP contribution in [0.25, 0.3) is 0 Å². The molecule has 2 aromatic rings. The van der Waals surface area contributed by atoms with E-state index in [2.05, 4.69) is 29.4 Å². The highest BCUT2D eigenvalue weighted by molar-refractivity contribution is 6.08. The summed E-state index contributed by atoms with van der Waals surface area (Å²) in [5.41, 5.74) is 2.85. The Labute approximate surface area is 165 Å². The maximum absolute atomic E-state index is 12.4. The molecule has 146 valence electrons. The lowest BCUT2D eigenvalue weighted by atomic mass is 9.96. The summed E-state index contributed by atoms with van der Waals surface area (Å²) in [6, 6.07) is 18.4. The molecule has 5 heteroatoms. The first-order chi connectivity index (χ1) is 13.7. The number of rotatable bonds is 6. The molecular weight excluding hydrogens is 352 g/mol. The molecular formula is C23H26N2O3. The lowest BCUT2D eigenvalue weighted by Gasteiger charge is -2.38. The number of nitrogens with zero attached hydrogens (tertiary/aromatic N) is 2. The van der Waals surface area contributed by atoms with Crippen LogP contribution in [-0.2, 0) is 10.4 Å². The zero-order chi connectivity index (χ0) is 19.0. The van der Waals surface area contributed by atoms with Crippen molar-refractivity contribution in [3.05, 3.63) is 70.9 Å². The molecule has 3 aliphatic rings. The molecule has 2 unspecified atom stereocenters. The van der Waals surface area contributed by atoms with Gasteiger partial charge in [0.2, 0.25) is 0 Å². The molecule has 2 heterocycles. The van der Waals surface area contributed by atoms with Crippen LogP contribution >= 0.6 is 0 Å². The fourth-order valence-electron chi connectivity index (χ4n) is 4.70. The molecule has 28 heavy (non-hydrogen) atoms. The number of oxime groups is 1. The minimum absolute atomic E-state index is 0.0592. The number of ether oxygens (including phenoxy) is 1. The minimum Gasteiger partial charge on any atom is -0.633 e. The predicted octanol–water partition coefficient (Wildman–Crippen LogP) is 4.21. The van der Waals surface area contributed by atoms with Crippen LogP contribution in [0.5, 0.6) is 5.75 Å². The van der Waals surface area contributed by atoms with Crippen molar-refractivity contribution in [3.63, 3.8) is 0 Å². The van der Waals surface area contributed by atoms with Crippen molar-refractivity contribution in [2.75, 3.05) is 26.2 Å². The summed E-state index contributed by atoms with van der Waals surface area (Å²) in [5.74, 6) is 1.07. The molecule has 2 aromatic carbocycles. The van der Waals surface area contributed by atoms with E-state index >= 15 is 0 Å². The number of fused-ring (bicyclic) bond motifs is 2. The largest absolute Gasteiger partial charge is 0.633 e. The Morgan fingerprint density at radius 2 is 1.82 bits per heavy atom. The summed E-state index contributed by atoms with van der Waals surface area (Å²) >= 11 is 0. The van der Waals surface area contributed by atoms with Crippen LogP contribution in [0.2, 0.25) is 0 Å². The first kappa shape index (κ1) is 17.7. The molecule has 5 rings (SSSR count). The number of likely N-dealkylation sites (tertiary alicyclic amines) is 1. The molecule has 0 spiro atoms. The van der Waals surface area contributed by atoms with E-state index in [0.29, 0.717) is 13.2 Å². The lowest BCUT2D eigenvalue weighted by Crippen LogP contribution is -2.39. The van der Waals surface area contributed by atoms with Gasteiger partial charge in [-0.15, -0.1) is 0 Å². The van der Waals surface area contributed by atoms with E-state index in [1.807, 2.05) is 30.3 Å². The van der Waals surface area contributed by atoms with Crippen LogP contribution in [0, 0.1) is 11.1 Å². The van der Waals surface area contributed by atoms with Crippen molar-refractivity contribution in [2.24, 2.45) is 11.1 Å². The van der Waals surface area contributed by atoms with Crippen LogP contribution in [0.4, 0.5) is 0 Å². The summed E-state index contributed by atoms with van der Waals surface area (Å²) in [5, 5.41) is 17.0. The van der Waals surface area contributed by atoms with Gasteiger partial charge in [-0.2, -0.15) is 0 Å². The van der Waals surface area contributed by atoms with Gasteiger partial charge >= 0.3 is 0 Å². The number of quaternary nitrogens is 1. The molecule has 2 atom stereocenters. The summed E-state index contributed by atoms with van der Waals surface area (Å²) in [4.78, 5) is 5.70. The third-order valence-corrected chi connectivity index (χ3v) is 6.30. The molecule has 0 N–H and O–H groups in total. The van der Waals surface area contributed by atoms with E-state index in [1.165, 1.54) is 5.56 Å². The molecule has 0 amide bonds. The number of hydrogen-bond acceptors (Lipinski definition) is 4. The third kappa shape index (κ3) is 3.09. The predicted molar refractivity (Wildman–Crippen MR) is 108 cm³/mol. The van der Waals surface area contributed by atoms with Gasteiger partial charge in [0.15, 0.2) is 0 Å². The Balaban J connectivity index is 1.31. The molecule has 0 radical (unpaired) electrons. The van der Waals surface area contributed by atoms with Crippen LogP contribution in [-0.4, -0.2) is 36.6 Å². The molecule has 2 fully saturated rings. The average molecular weight is 378 g/mol. The van der Waals surface area contributed by atoms with Crippen molar-refractivity contribution in [1.29, 1.82) is 0 Å². The fraction of sp³-hybridized carbons (Fsp3) is 0.435. The van der Waals surface area contributed by atoms with E-state index < -0.39 is 0 Å². The summed E-state index contributed by atoms with van der Waals surface area (Å²) in [6.07, 6.45) is 3.75.